The van der Waals surface area contributed by atoms with E-state index < -0.39 is 18.3 Å². The molecule has 2 aromatic carbocycles. The molecule has 2 atom stereocenters. The number of aliphatic hydroxyl groups excluding tert-OH is 1. The van der Waals surface area contributed by atoms with Gasteiger partial charge in [0.05, 0.1) is 32.1 Å². The Morgan fingerprint density at radius 1 is 1.25 bits per heavy atom. The highest BCUT2D eigenvalue weighted by atomic mass is 35.5. The van der Waals surface area contributed by atoms with Crippen LogP contribution in [0.3, 0.4) is 0 Å². The molecule has 0 saturated heterocycles. The largest absolute Gasteiger partial charge is 0.496 e. The Hall–Kier alpha value is -2.48. The van der Waals surface area contributed by atoms with Gasteiger partial charge < -0.3 is 28.8 Å². The van der Waals surface area contributed by atoms with Crippen molar-refractivity contribution in [2.45, 2.75) is 18.1 Å². The Labute approximate surface area is 165 Å². The second-order valence-electron chi connectivity index (χ2n) is 6.73. The van der Waals surface area contributed by atoms with Crippen LogP contribution in [-0.2, 0) is 6.42 Å². The average Bonchev–Trinajstić information content (AvgIpc) is 3.17. The lowest BCUT2D eigenvalue weighted by Gasteiger charge is -2.29. The molecule has 2 N–H and O–H groups in total. The molecule has 0 bridgehead atoms. The normalized spacial score (nSPS) is 18.0. The first-order valence-corrected chi connectivity index (χ1v) is 9.20. The predicted octanol–water partition coefficient (Wildman–Crippen LogP) is 2.23. The number of halogens is 1. The zero-order valence-corrected chi connectivity index (χ0v) is 16.1. The van der Waals surface area contributed by atoms with Gasteiger partial charge in [-0.2, -0.15) is 0 Å². The van der Waals surface area contributed by atoms with Gasteiger partial charge in [0.2, 0.25) is 5.43 Å². The van der Waals surface area contributed by atoms with Crippen molar-refractivity contribution in [3.8, 4) is 17.2 Å². The van der Waals surface area contributed by atoms with E-state index in [0.717, 1.165) is 0 Å². The topological polar surface area (TPSA) is 98.4 Å². The van der Waals surface area contributed by atoms with E-state index in [4.69, 9.17) is 30.2 Å². The molecule has 1 aliphatic rings. The van der Waals surface area contributed by atoms with E-state index in [1.54, 1.807) is 24.3 Å². The van der Waals surface area contributed by atoms with Crippen molar-refractivity contribution in [1.82, 2.24) is 0 Å². The average molecular weight is 407 g/mol. The molecule has 0 aliphatic carbocycles. The third-order valence-corrected chi connectivity index (χ3v) is 5.63. The number of aliphatic hydroxyl groups is 2. The van der Waals surface area contributed by atoms with Crippen LogP contribution in [0.5, 0.6) is 17.2 Å². The molecule has 148 valence electrons. The molecular weight excluding hydrogens is 388 g/mol. The SMILES string of the molecule is COc1cccc2c(=O)c3c(OC)cc4c(c3oc12)C[C@@H]([C@@](O)(CO)CCl)O4. The van der Waals surface area contributed by atoms with E-state index in [9.17, 15) is 15.0 Å². The van der Waals surface area contributed by atoms with Crippen molar-refractivity contribution < 1.29 is 28.8 Å². The van der Waals surface area contributed by atoms with Gasteiger partial charge in [-0.3, -0.25) is 4.79 Å². The van der Waals surface area contributed by atoms with Gasteiger partial charge in [-0.05, 0) is 12.1 Å². The maximum absolute atomic E-state index is 13.2. The van der Waals surface area contributed by atoms with Crippen molar-refractivity contribution in [3.05, 3.63) is 40.1 Å². The molecule has 0 amide bonds. The Morgan fingerprint density at radius 2 is 2.00 bits per heavy atom. The van der Waals surface area contributed by atoms with E-state index in [1.165, 1.54) is 14.2 Å². The highest BCUT2D eigenvalue weighted by molar-refractivity contribution is 6.18. The van der Waals surface area contributed by atoms with Crippen LogP contribution < -0.4 is 19.6 Å². The maximum atomic E-state index is 13.2. The fourth-order valence-corrected chi connectivity index (χ4v) is 3.80. The summed E-state index contributed by atoms with van der Waals surface area (Å²) in [7, 11) is 2.95. The van der Waals surface area contributed by atoms with E-state index in [2.05, 4.69) is 0 Å². The first-order chi connectivity index (χ1) is 13.5. The summed E-state index contributed by atoms with van der Waals surface area (Å²) in [5, 5.41) is 20.8. The number of ether oxygens (including phenoxy) is 3. The number of hydrogen-bond acceptors (Lipinski definition) is 7. The van der Waals surface area contributed by atoms with Crippen LogP contribution in [0.4, 0.5) is 0 Å². The van der Waals surface area contributed by atoms with E-state index in [-0.39, 0.29) is 23.1 Å². The summed E-state index contributed by atoms with van der Waals surface area (Å²) in [4.78, 5) is 13.2. The van der Waals surface area contributed by atoms with Gasteiger partial charge in [0.25, 0.3) is 0 Å². The molecule has 0 saturated carbocycles. The van der Waals surface area contributed by atoms with Crippen molar-refractivity contribution in [1.29, 1.82) is 0 Å². The molecule has 0 spiro atoms. The monoisotopic (exact) mass is 406 g/mol. The lowest BCUT2D eigenvalue weighted by Crippen LogP contribution is -2.50. The Bertz CT molecular complexity index is 1120. The number of para-hydroxylation sites is 1. The summed E-state index contributed by atoms with van der Waals surface area (Å²) >= 11 is 5.85. The fourth-order valence-electron chi connectivity index (χ4n) is 3.55. The van der Waals surface area contributed by atoms with E-state index >= 15 is 0 Å². The first kappa shape index (κ1) is 18.9. The quantitative estimate of drug-likeness (QED) is 0.495. The third kappa shape index (κ3) is 2.62. The van der Waals surface area contributed by atoms with Crippen LogP contribution in [0.25, 0.3) is 21.9 Å². The van der Waals surface area contributed by atoms with Gasteiger partial charge in [-0.15, -0.1) is 11.6 Å². The predicted molar refractivity (Wildman–Crippen MR) is 104 cm³/mol. The molecule has 3 aromatic rings. The summed E-state index contributed by atoms with van der Waals surface area (Å²) in [5.74, 6) is 0.920. The van der Waals surface area contributed by atoms with Gasteiger partial charge in [0.15, 0.2) is 11.3 Å². The van der Waals surface area contributed by atoms with Gasteiger partial charge in [0, 0.05) is 18.1 Å². The van der Waals surface area contributed by atoms with Crippen LogP contribution >= 0.6 is 11.6 Å². The second kappa shape index (κ2) is 6.84. The molecule has 28 heavy (non-hydrogen) atoms. The molecular formula is C20H19ClO7. The van der Waals surface area contributed by atoms with Crippen LogP contribution in [0.1, 0.15) is 5.56 Å². The Morgan fingerprint density at radius 3 is 2.64 bits per heavy atom. The number of alkyl halides is 1. The zero-order chi connectivity index (χ0) is 20.1. The van der Waals surface area contributed by atoms with Crippen LogP contribution in [-0.4, -0.2) is 48.6 Å². The molecule has 1 aliphatic heterocycles. The van der Waals surface area contributed by atoms with Gasteiger partial charge in [0.1, 0.15) is 34.2 Å². The molecule has 0 unspecified atom stereocenters. The van der Waals surface area contributed by atoms with Crippen molar-refractivity contribution >= 4 is 33.5 Å². The lowest BCUT2D eigenvalue weighted by molar-refractivity contribution is -0.0702. The minimum absolute atomic E-state index is 0.210. The molecule has 4 rings (SSSR count). The number of hydrogen-bond donors (Lipinski definition) is 2. The van der Waals surface area contributed by atoms with E-state index in [0.29, 0.717) is 39.4 Å². The van der Waals surface area contributed by atoms with Gasteiger partial charge >= 0.3 is 0 Å². The highest BCUT2D eigenvalue weighted by Gasteiger charge is 2.43. The summed E-state index contributed by atoms with van der Waals surface area (Å²) < 4.78 is 22.7. The molecule has 8 heteroatoms. The Balaban J connectivity index is 2.03. The van der Waals surface area contributed by atoms with Crippen molar-refractivity contribution in [2.75, 3.05) is 26.7 Å². The fraction of sp³-hybridized carbons (Fsp3) is 0.350. The smallest absolute Gasteiger partial charge is 0.204 e. The molecule has 1 aromatic heterocycles. The highest BCUT2D eigenvalue weighted by Crippen LogP contribution is 2.43. The summed E-state index contributed by atoms with van der Waals surface area (Å²) in [6, 6.07) is 6.67. The second-order valence-corrected chi connectivity index (χ2v) is 7.00. The number of benzene rings is 2. The first-order valence-electron chi connectivity index (χ1n) is 8.66. The van der Waals surface area contributed by atoms with Gasteiger partial charge in [-0.25, -0.2) is 0 Å². The third-order valence-electron chi connectivity index (χ3n) is 5.17. The summed E-state index contributed by atoms with van der Waals surface area (Å²) in [6.45, 7) is -0.565. The van der Waals surface area contributed by atoms with Crippen molar-refractivity contribution in [2.24, 2.45) is 0 Å². The molecule has 0 radical (unpaired) electrons. The number of methoxy groups -OCH3 is 2. The van der Waals surface area contributed by atoms with E-state index in [1.807, 2.05) is 0 Å². The summed E-state index contributed by atoms with van der Waals surface area (Å²) in [6.07, 6.45) is -0.581. The summed E-state index contributed by atoms with van der Waals surface area (Å²) in [5.41, 5.74) is -0.671. The minimum Gasteiger partial charge on any atom is -0.496 e. The van der Waals surface area contributed by atoms with Crippen LogP contribution in [0.2, 0.25) is 0 Å². The number of rotatable bonds is 5. The Kier molecular flexibility index (Phi) is 4.61. The zero-order valence-electron chi connectivity index (χ0n) is 15.3. The molecule has 7 nitrogen and oxygen atoms in total. The van der Waals surface area contributed by atoms with Crippen LogP contribution in [0, 0.1) is 0 Å². The van der Waals surface area contributed by atoms with Crippen molar-refractivity contribution in [3.63, 3.8) is 0 Å². The lowest BCUT2D eigenvalue weighted by atomic mass is 9.94. The molecule has 2 heterocycles. The van der Waals surface area contributed by atoms with Crippen LogP contribution in [0.15, 0.2) is 33.5 Å². The maximum Gasteiger partial charge on any atom is 0.204 e. The molecule has 0 fully saturated rings. The standard InChI is InChI=1S/C20H19ClO7/c1-25-12-5-3-4-10-17(23)16-14(26-2)7-13-11(19(16)28-18(10)12)6-15(27-13)20(24,8-21)9-22/h3-5,7,15,22,24H,6,8-9H2,1-2H3/t15-,20-/m0/s1. The minimum atomic E-state index is -1.63. The number of fused-ring (bicyclic) bond motifs is 4. The van der Waals surface area contributed by atoms with Gasteiger partial charge in [-0.1, -0.05) is 6.07 Å².